The second-order valence-electron chi connectivity index (χ2n) is 6.97. The predicted molar refractivity (Wildman–Crippen MR) is 108 cm³/mol. The van der Waals surface area contributed by atoms with Gasteiger partial charge in [0.1, 0.15) is 5.69 Å². The van der Waals surface area contributed by atoms with Gasteiger partial charge >= 0.3 is 0 Å². The average Bonchev–Trinajstić information content (AvgIpc) is 2.68. The van der Waals surface area contributed by atoms with Crippen LogP contribution in [-0.4, -0.2) is 61.1 Å². The molecule has 2 heterocycles. The molecule has 1 aliphatic rings. The number of ether oxygens (including phenoxy) is 1. The minimum Gasteiger partial charge on any atom is -0.379 e. The molecule has 0 bridgehead atoms. The maximum atomic E-state index is 12.5. The number of nitrogens with one attached hydrogen (secondary N) is 2. The number of carbonyl (C=O) groups excluding carboxylic acids is 2. The van der Waals surface area contributed by atoms with Crippen LogP contribution < -0.4 is 10.6 Å². The van der Waals surface area contributed by atoms with Crippen molar-refractivity contribution in [2.24, 2.45) is 0 Å². The Morgan fingerprint density at radius 1 is 1.07 bits per heavy atom. The quantitative estimate of drug-likeness (QED) is 0.799. The average molecular weight is 382 g/mol. The largest absolute Gasteiger partial charge is 0.379 e. The molecule has 0 spiro atoms. The van der Waals surface area contributed by atoms with Crippen molar-refractivity contribution in [1.82, 2.24) is 15.2 Å². The van der Waals surface area contributed by atoms with Crippen LogP contribution in [0.1, 0.15) is 32.0 Å². The van der Waals surface area contributed by atoms with Crippen LogP contribution in [0.5, 0.6) is 0 Å². The number of rotatable bonds is 6. The predicted octanol–water partition coefficient (Wildman–Crippen LogP) is 2.01. The second-order valence-corrected chi connectivity index (χ2v) is 6.97. The van der Waals surface area contributed by atoms with Crippen LogP contribution in [0.2, 0.25) is 0 Å². The summed E-state index contributed by atoms with van der Waals surface area (Å²) < 4.78 is 5.31. The van der Waals surface area contributed by atoms with Crippen LogP contribution in [0, 0.1) is 13.8 Å². The third kappa shape index (κ3) is 5.61. The Bertz CT molecular complexity index is 827. The van der Waals surface area contributed by atoms with Gasteiger partial charge in [-0.3, -0.25) is 19.5 Å². The fourth-order valence-corrected chi connectivity index (χ4v) is 3.19. The number of aromatic nitrogens is 1. The molecule has 0 aliphatic carbocycles. The molecule has 28 heavy (non-hydrogen) atoms. The van der Waals surface area contributed by atoms with Crippen LogP contribution in [0.15, 0.2) is 36.5 Å². The maximum Gasteiger partial charge on any atom is 0.269 e. The molecule has 1 aromatic heterocycles. The standard InChI is InChI=1S/C21H26N4O3/c1-15-11-16(2)13-18(12-15)24-20(26)17-3-4-22-19(14-17)21(27)23-5-6-25-7-9-28-10-8-25/h3-4,11-14H,5-10H2,1-2H3,(H,23,27)(H,24,26). The van der Waals surface area contributed by atoms with Gasteiger partial charge in [-0.2, -0.15) is 0 Å². The van der Waals surface area contributed by atoms with E-state index in [1.54, 1.807) is 6.07 Å². The van der Waals surface area contributed by atoms with Gasteiger partial charge in [-0.25, -0.2) is 0 Å². The number of carbonyl (C=O) groups is 2. The molecule has 7 nitrogen and oxygen atoms in total. The van der Waals surface area contributed by atoms with Gasteiger partial charge in [0.15, 0.2) is 0 Å². The van der Waals surface area contributed by atoms with E-state index in [1.807, 2.05) is 32.0 Å². The highest BCUT2D eigenvalue weighted by Gasteiger charge is 2.14. The van der Waals surface area contributed by atoms with E-state index >= 15 is 0 Å². The molecule has 1 fully saturated rings. The van der Waals surface area contributed by atoms with E-state index in [2.05, 4.69) is 20.5 Å². The van der Waals surface area contributed by atoms with Gasteiger partial charge in [0.05, 0.1) is 13.2 Å². The van der Waals surface area contributed by atoms with Gasteiger partial charge in [-0.15, -0.1) is 0 Å². The first-order chi connectivity index (χ1) is 13.5. The van der Waals surface area contributed by atoms with Gasteiger partial charge in [-0.1, -0.05) is 6.07 Å². The summed E-state index contributed by atoms with van der Waals surface area (Å²) in [6.45, 7) is 8.47. The maximum absolute atomic E-state index is 12.5. The SMILES string of the molecule is Cc1cc(C)cc(NC(=O)c2ccnc(C(=O)NCCN3CCOCC3)c2)c1. The lowest BCUT2D eigenvalue weighted by Gasteiger charge is -2.26. The van der Waals surface area contributed by atoms with E-state index in [-0.39, 0.29) is 17.5 Å². The number of nitrogens with zero attached hydrogens (tertiary/aromatic N) is 2. The van der Waals surface area contributed by atoms with Crippen molar-refractivity contribution < 1.29 is 14.3 Å². The molecule has 1 aromatic carbocycles. The molecule has 0 unspecified atom stereocenters. The topological polar surface area (TPSA) is 83.6 Å². The highest BCUT2D eigenvalue weighted by molar-refractivity contribution is 6.05. The molecule has 0 saturated carbocycles. The van der Waals surface area contributed by atoms with Crippen LogP contribution in [-0.2, 0) is 4.74 Å². The lowest BCUT2D eigenvalue weighted by atomic mass is 10.1. The van der Waals surface area contributed by atoms with Crippen LogP contribution >= 0.6 is 0 Å². The van der Waals surface area contributed by atoms with Crippen molar-refractivity contribution in [2.45, 2.75) is 13.8 Å². The van der Waals surface area contributed by atoms with E-state index in [0.29, 0.717) is 12.1 Å². The van der Waals surface area contributed by atoms with Crippen molar-refractivity contribution in [1.29, 1.82) is 0 Å². The zero-order valence-corrected chi connectivity index (χ0v) is 16.3. The first-order valence-electron chi connectivity index (χ1n) is 9.45. The molecule has 3 rings (SSSR count). The normalized spacial score (nSPS) is 14.5. The number of hydrogen-bond donors (Lipinski definition) is 2. The number of aryl methyl sites for hydroxylation is 2. The van der Waals surface area contributed by atoms with Crippen molar-refractivity contribution in [3.8, 4) is 0 Å². The summed E-state index contributed by atoms with van der Waals surface area (Å²) in [6, 6.07) is 8.97. The third-order valence-corrected chi connectivity index (χ3v) is 4.55. The molecule has 7 heteroatoms. The molecule has 2 amide bonds. The van der Waals surface area contributed by atoms with Crippen molar-refractivity contribution in [2.75, 3.05) is 44.7 Å². The summed E-state index contributed by atoms with van der Waals surface area (Å²) in [5, 5.41) is 5.74. The molecule has 0 radical (unpaired) electrons. The zero-order valence-electron chi connectivity index (χ0n) is 16.3. The summed E-state index contributed by atoms with van der Waals surface area (Å²) in [4.78, 5) is 31.2. The summed E-state index contributed by atoms with van der Waals surface area (Å²) >= 11 is 0. The van der Waals surface area contributed by atoms with Gasteiger partial charge in [0.2, 0.25) is 0 Å². The third-order valence-electron chi connectivity index (χ3n) is 4.55. The van der Waals surface area contributed by atoms with Gasteiger partial charge in [0, 0.05) is 43.6 Å². The van der Waals surface area contributed by atoms with E-state index < -0.39 is 0 Å². The fourth-order valence-electron chi connectivity index (χ4n) is 3.19. The van der Waals surface area contributed by atoms with Crippen molar-refractivity contribution in [3.63, 3.8) is 0 Å². The van der Waals surface area contributed by atoms with Crippen LogP contribution in [0.4, 0.5) is 5.69 Å². The van der Waals surface area contributed by atoms with Gasteiger partial charge < -0.3 is 15.4 Å². The number of pyridine rings is 1. The number of benzene rings is 1. The van der Waals surface area contributed by atoms with Gasteiger partial charge in [-0.05, 0) is 49.2 Å². The lowest BCUT2D eigenvalue weighted by molar-refractivity contribution is 0.0383. The smallest absolute Gasteiger partial charge is 0.269 e. The highest BCUT2D eigenvalue weighted by Crippen LogP contribution is 2.15. The number of anilines is 1. The first kappa shape index (κ1) is 20.0. The minimum atomic E-state index is -0.283. The molecule has 1 saturated heterocycles. The van der Waals surface area contributed by atoms with E-state index in [9.17, 15) is 9.59 Å². The molecule has 148 valence electrons. The molecule has 0 atom stereocenters. The lowest BCUT2D eigenvalue weighted by Crippen LogP contribution is -2.41. The van der Waals surface area contributed by atoms with E-state index in [4.69, 9.17) is 4.74 Å². The van der Waals surface area contributed by atoms with Crippen molar-refractivity contribution in [3.05, 3.63) is 58.9 Å². The Hall–Kier alpha value is -2.77. The molecule has 2 N–H and O–H groups in total. The Balaban J connectivity index is 1.57. The van der Waals surface area contributed by atoms with Gasteiger partial charge in [0.25, 0.3) is 11.8 Å². The highest BCUT2D eigenvalue weighted by atomic mass is 16.5. The summed E-state index contributed by atoms with van der Waals surface area (Å²) in [6.07, 6.45) is 1.48. The van der Waals surface area contributed by atoms with E-state index in [1.165, 1.54) is 12.3 Å². The number of hydrogen-bond acceptors (Lipinski definition) is 5. The summed E-state index contributed by atoms with van der Waals surface area (Å²) in [5.41, 5.74) is 3.51. The van der Waals surface area contributed by atoms with Crippen LogP contribution in [0.25, 0.3) is 0 Å². The Morgan fingerprint density at radius 3 is 2.50 bits per heavy atom. The second kappa shape index (κ2) is 9.43. The molecule has 2 aromatic rings. The number of morpholine rings is 1. The fraction of sp³-hybridized carbons (Fsp3) is 0.381. The Kier molecular flexibility index (Phi) is 6.73. The Labute approximate surface area is 165 Å². The monoisotopic (exact) mass is 382 g/mol. The number of amides is 2. The molecular formula is C21H26N4O3. The zero-order chi connectivity index (χ0) is 19.9. The first-order valence-corrected chi connectivity index (χ1v) is 9.45. The molecule has 1 aliphatic heterocycles. The Morgan fingerprint density at radius 2 is 1.79 bits per heavy atom. The summed E-state index contributed by atoms with van der Waals surface area (Å²) in [7, 11) is 0. The van der Waals surface area contributed by atoms with Crippen LogP contribution in [0.3, 0.4) is 0 Å². The minimum absolute atomic E-state index is 0.232. The van der Waals surface area contributed by atoms with Crippen molar-refractivity contribution >= 4 is 17.5 Å². The van der Waals surface area contributed by atoms with E-state index in [0.717, 1.165) is 49.7 Å². The summed E-state index contributed by atoms with van der Waals surface area (Å²) in [5.74, 6) is -0.552. The molecular weight excluding hydrogens is 356 g/mol.